The van der Waals surface area contributed by atoms with Crippen molar-refractivity contribution >= 4 is 5.91 Å². The van der Waals surface area contributed by atoms with E-state index < -0.39 is 0 Å². The lowest BCUT2D eigenvalue weighted by Gasteiger charge is -2.32. The Kier molecular flexibility index (Phi) is 5.62. The van der Waals surface area contributed by atoms with E-state index in [1.165, 1.54) is 5.56 Å². The minimum Gasteiger partial charge on any atom is -0.484 e. The minimum atomic E-state index is 0.0395. The Morgan fingerprint density at radius 1 is 1.43 bits per heavy atom. The highest BCUT2D eigenvalue weighted by atomic mass is 16.5. The molecule has 0 aromatic heterocycles. The average Bonchev–Trinajstić information content (AvgIpc) is 2.47. The summed E-state index contributed by atoms with van der Waals surface area (Å²) in [6, 6.07) is 5.96. The maximum Gasteiger partial charge on any atom is 0.260 e. The van der Waals surface area contributed by atoms with E-state index >= 15 is 0 Å². The van der Waals surface area contributed by atoms with Crippen LogP contribution in [0, 0.1) is 19.8 Å². The van der Waals surface area contributed by atoms with E-state index in [9.17, 15) is 4.79 Å². The Balaban J connectivity index is 1.86. The number of carbonyl (C=O) groups is 1. The number of aryl methyl sites for hydroxylation is 2. The number of rotatable bonds is 5. The second kappa shape index (κ2) is 7.46. The van der Waals surface area contributed by atoms with Crippen LogP contribution in [0.1, 0.15) is 30.4 Å². The van der Waals surface area contributed by atoms with Crippen molar-refractivity contribution < 1.29 is 14.6 Å². The lowest BCUT2D eigenvalue weighted by Crippen LogP contribution is -2.42. The number of aliphatic hydroxyl groups excluding tert-OH is 1. The zero-order valence-electron chi connectivity index (χ0n) is 13.0. The topological polar surface area (TPSA) is 49.8 Å². The zero-order valence-corrected chi connectivity index (χ0v) is 13.0. The third-order valence-corrected chi connectivity index (χ3v) is 4.09. The van der Waals surface area contributed by atoms with Crippen molar-refractivity contribution in [1.82, 2.24) is 4.90 Å². The van der Waals surface area contributed by atoms with Crippen LogP contribution in [0.2, 0.25) is 0 Å². The van der Waals surface area contributed by atoms with Gasteiger partial charge >= 0.3 is 0 Å². The predicted octanol–water partition coefficient (Wildman–Crippen LogP) is 2.30. The molecule has 1 aliphatic rings. The fraction of sp³-hybridized carbons (Fsp3) is 0.588. The first-order valence-electron chi connectivity index (χ1n) is 7.69. The van der Waals surface area contributed by atoms with Gasteiger partial charge in [-0.25, -0.2) is 0 Å². The number of hydrogen-bond donors (Lipinski definition) is 1. The van der Waals surface area contributed by atoms with Gasteiger partial charge in [-0.05, 0) is 50.7 Å². The number of aliphatic hydroxyl groups is 1. The number of likely N-dealkylation sites (tertiary alicyclic amines) is 1. The summed E-state index contributed by atoms with van der Waals surface area (Å²) >= 11 is 0. The number of amides is 1. The van der Waals surface area contributed by atoms with Gasteiger partial charge in [-0.15, -0.1) is 0 Å². The number of carbonyl (C=O) groups excluding carboxylic acids is 1. The first-order chi connectivity index (χ1) is 10.1. The van der Waals surface area contributed by atoms with E-state index in [0.29, 0.717) is 5.92 Å². The molecule has 4 nitrogen and oxygen atoms in total. The van der Waals surface area contributed by atoms with Gasteiger partial charge in [-0.3, -0.25) is 4.79 Å². The van der Waals surface area contributed by atoms with Crippen LogP contribution in [0.4, 0.5) is 0 Å². The van der Waals surface area contributed by atoms with Crippen LogP contribution in [0.5, 0.6) is 5.75 Å². The largest absolute Gasteiger partial charge is 0.484 e. The first-order valence-corrected chi connectivity index (χ1v) is 7.69. The Bertz CT molecular complexity index is 485. The molecule has 21 heavy (non-hydrogen) atoms. The van der Waals surface area contributed by atoms with Crippen molar-refractivity contribution in [1.29, 1.82) is 0 Å². The summed E-state index contributed by atoms with van der Waals surface area (Å²) in [5.41, 5.74) is 2.24. The maximum atomic E-state index is 12.2. The normalized spacial score (nSPS) is 18.6. The van der Waals surface area contributed by atoms with Crippen molar-refractivity contribution in [2.45, 2.75) is 33.1 Å². The van der Waals surface area contributed by atoms with Crippen molar-refractivity contribution in [3.63, 3.8) is 0 Å². The molecule has 1 fully saturated rings. The summed E-state index contributed by atoms with van der Waals surface area (Å²) in [5.74, 6) is 1.24. The van der Waals surface area contributed by atoms with Crippen molar-refractivity contribution in [3.8, 4) is 5.75 Å². The molecule has 1 aromatic carbocycles. The summed E-state index contributed by atoms with van der Waals surface area (Å²) < 4.78 is 5.66. The molecular weight excluding hydrogens is 266 g/mol. The van der Waals surface area contributed by atoms with Gasteiger partial charge in [0.1, 0.15) is 5.75 Å². The number of ether oxygens (including phenoxy) is 1. The Morgan fingerprint density at radius 2 is 2.24 bits per heavy atom. The molecule has 2 rings (SSSR count). The molecule has 0 aliphatic carbocycles. The molecule has 4 heteroatoms. The summed E-state index contributed by atoms with van der Waals surface area (Å²) in [7, 11) is 0. The minimum absolute atomic E-state index is 0.0395. The Morgan fingerprint density at radius 3 is 2.95 bits per heavy atom. The molecule has 0 bridgehead atoms. The maximum absolute atomic E-state index is 12.2. The fourth-order valence-electron chi connectivity index (χ4n) is 2.90. The Hall–Kier alpha value is -1.55. The van der Waals surface area contributed by atoms with Gasteiger partial charge in [-0.2, -0.15) is 0 Å². The van der Waals surface area contributed by atoms with Crippen LogP contribution in [0.3, 0.4) is 0 Å². The molecule has 1 heterocycles. The fourth-order valence-corrected chi connectivity index (χ4v) is 2.90. The van der Waals surface area contributed by atoms with Gasteiger partial charge in [0, 0.05) is 19.7 Å². The highest BCUT2D eigenvalue weighted by molar-refractivity contribution is 5.77. The predicted molar refractivity (Wildman–Crippen MR) is 82.4 cm³/mol. The molecule has 1 unspecified atom stereocenters. The van der Waals surface area contributed by atoms with E-state index in [1.807, 2.05) is 30.9 Å². The van der Waals surface area contributed by atoms with Crippen LogP contribution >= 0.6 is 0 Å². The highest BCUT2D eigenvalue weighted by Crippen LogP contribution is 2.21. The molecule has 0 spiro atoms. The second-order valence-electron chi connectivity index (χ2n) is 5.92. The Labute approximate surface area is 126 Å². The summed E-state index contributed by atoms with van der Waals surface area (Å²) in [6.07, 6.45) is 2.89. The molecule has 1 aliphatic heterocycles. The van der Waals surface area contributed by atoms with Crippen LogP contribution < -0.4 is 4.74 Å². The molecular formula is C17H25NO3. The third-order valence-electron chi connectivity index (χ3n) is 4.09. The van der Waals surface area contributed by atoms with E-state index in [-0.39, 0.29) is 19.1 Å². The van der Waals surface area contributed by atoms with Crippen LogP contribution in [-0.4, -0.2) is 42.2 Å². The second-order valence-corrected chi connectivity index (χ2v) is 5.92. The smallest absolute Gasteiger partial charge is 0.260 e. The summed E-state index contributed by atoms with van der Waals surface area (Å²) in [5, 5.41) is 9.02. The van der Waals surface area contributed by atoms with Gasteiger partial charge in [0.15, 0.2) is 6.61 Å². The van der Waals surface area contributed by atoms with E-state index in [1.54, 1.807) is 0 Å². The quantitative estimate of drug-likeness (QED) is 0.905. The van der Waals surface area contributed by atoms with Gasteiger partial charge < -0.3 is 14.7 Å². The molecule has 1 N–H and O–H groups in total. The lowest BCUT2D eigenvalue weighted by molar-refractivity contribution is -0.135. The standard InChI is InChI=1S/C17H25NO3/c1-13-5-6-16(14(2)10-13)21-12-17(20)18-8-3-4-15(11-18)7-9-19/h5-6,10,15,19H,3-4,7-9,11-12H2,1-2H3. The number of hydrogen-bond acceptors (Lipinski definition) is 3. The lowest BCUT2D eigenvalue weighted by atomic mass is 9.95. The molecule has 116 valence electrons. The van der Waals surface area contributed by atoms with Crippen LogP contribution in [0.15, 0.2) is 18.2 Å². The van der Waals surface area contributed by atoms with E-state index in [4.69, 9.17) is 9.84 Å². The number of nitrogens with zero attached hydrogens (tertiary/aromatic N) is 1. The molecule has 0 radical (unpaired) electrons. The van der Waals surface area contributed by atoms with E-state index in [2.05, 4.69) is 6.07 Å². The van der Waals surface area contributed by atoms with Crippen molar-refractivity contribution in [2.24, 2.45) is 5.92 Å². The van der Waals surface area contributed by atoms with Gasteiger partial charge in [0.25, 0.3) is 5.91 Å². The van der Waals surface area contributed by atoms with E-state index in [0.717, 1.165) is 43.7 Å². The molecule has 1 amide bonds. The highest BCUT2D eigenvalue weighted by Gasteiger charge is 2.23. The summed E-state index contributed by atoms with van der Waals surface area (Å²) in [6.45, 7) is 5.87. The van der Waals surface area contributed by atoms with Crippen LogP contribution in [-0.2, 0) is 4.79 Å². The number of benzene rings is 1. The monoisotopic (exact) mass is 291 g/mol. The molecule has 0 saturated carbocycles. The SMILES string of the molecule is Cc1ccc(OCC(=O)N2CCCC(CCO)C2)c(C)c1. The summed E-state index contributed by atoms with van der Waals surface area (Å²) in [4.78, 5) is 14.1. The van der Waals surface area contributed by atoms with Crippen molar-refractivity contribution in [3.05, 3.63) is 29.3 Å². The van der Waals surface area contributed by atoms with Crippen molar-refractivity contribution in [2.75, 3.05) is 26.3 Å². The molecule has 1 aromatic rings. The molecule has 1 saturated heterocycles. The zero-order chi connectivity index (χ0) is 15.2. The first kappa shape index (κ1) is 15.8. The van der Waals surface area contributed by atoms with Gasteiger partial charge in [0.2, 0.25) is 0 Å². The van der Waals surface area contributed by atoms with Gasteiger partial charge in [0.05, 0.1) is 0 Å². The third kappa shape index (κ3) is 4.46. The molecule has 1 atom stereocenters. The van der Waals surface area contributed by atoms with Gasteiger partial charge in [-0.1, -0.05) is 17.7 Å². The average molecular weight is 291 g/mol. The van der Waals surface area contributed by atoms with Crippen LogP contribution in [0.25, 0.3) is 0 Å². The number of piperidine rings is 1.